The van der Waals surface area contributed by atoms with Crippen LogP contribution >= 0.6 is 0 Å². The molecule has 0 radical (unpaired) electrons. The molecule has 2 N–H and O–H groups in total. The normalized spacial score (nSPS) is 30.0. The van der Waals surface area contributed by atoms with Crippen LogP contribution in [-0.4, -0.2) is 48.3 Å². The third kappa shape index (κ3) is 4.43. The molecule has 0 bridgehead atoms. The quantitative estimate of drug-likeness (QED) is 0.650. The fourth-order valence-corrected chi connectivity index (χ4v) is 4.19. The van der Waals surface area contributed by atoms with Gasteiger partial charge in [0, 0.05) is 12.1 Å². The van der Waals surface area contributed by atoms with Gasteiger partial charge < -0.3 is 15.3 Å². The average Bonchev–Trinajstić information content (AvgIpc) is 2.87. The van der Waals surface area contributed by atoms with E-state index >= 15 is 0 Å². The van der Waals surface area contributed by atoms with Crippen molar-refractivity contribution in [3.8, 4) is 0 Å². The Labute approximate surface area is 131 Å². The van der Waals surface area contributed by atoms with Crippen molar-refractivity contribution in [3.05, 3.63) is 0 Å². The summed E-state index contributed by atoms with van der Waals surface area (Å²) in [5.74, 6) is 1.62. The monoisotopic (exact) mass is 296 g/mol. The number of nitrogens with zero attached hydrogens (tertiary/aromatic N) is 1. The van der Waals surface area contributed by atoms with Gasteiger partial charge in [0.1, 0.15) is 0 Å². The zero-order chi connectivity index (χ0) is 15.1. The van der Waals surface area contributed by atoms with Crippen LogP contribution in [0.1, 0.15) is 65.2 Å². The van der Waals surface area contributed by atoms with E-state index < -0.39 is 0 Å². The predicted octanol–water partition coefficient (Wildman–Crippen LogP) is 3.03. The van der Waals surface area contributed by atoms with Gasteiger partial charge >= 0.3 is 0 Å². The summed E-state index contributed by atoms with van der Waals surface area (Å²) in [6.07, 6.45) is 10.4. The first kappa shape index (κ1) is 17.2. The molecule has 0 aromatic heterocycles. The van der Waals surface area contributed by atoms with Crippen LogP contribution in [0.15, 0.2) is 0 Å². The maximum Gasteiger partial charge on any atom is 0.0616 e. The Bertz CT molecular complexity index is 293. The van der Waals surface area contributed by atoms with Crippen LogP contribution in [0, 0.1) is 11.8 Å². The summed E-state index contributed by atoms with van der Waals surface area (Å²) in [5, 5.41) is 13.6. The minimum Gasteiger partial charge on any atom is -0.394 e. The first-order chi connectivity index (χ1) is 10.2. The highest BCUT2D eigenvalue weighted by molar-refractivity contribution is 4.99. The summed E-state index contributed by atoms with van der Waals surface area (Å²) in [6.45, 7) is 9.55. The van der Waals surface area contributed by atoms with E-state index in [1.165, 1.54) is 58.2 Å². The molecule has 124 valence electrons. The highest BCUT2D eigenvalue weighted by atomic mass is 16.3. The topological polar surface area (TPSA) is 35.5 Å². The van der Waals surface area contributed by atoms with Gasteiger partial charge in [0.2, 0.25) is 0 Å². The van der Waals surface area contributed by atoms with Crippen LogP contribution in [0.2, 0.25) is 0 Å². The van der Waals surface area contributed by atoms with Gasteiger partial charge in [-0.05, 0) is 70.0 Å². The van der Waals surface area contributed by atoms with Crippen molar-refractivity contribution in [3.63, 3.8) is 0 Å². The lowest BCUT2D eigenvalue weighted by Crippen LogP contribution is -2.52. The third-order valence-corrected chi connectivity index (χ3v) is 5.95. The first-order valence-electron chi connectivity index (χ1n) is 9.32. The molecule has 2 fully saturated rings. The molecule has 2 saturated carbocycles. The summed E-state index contributed by atoms with van der Waals surface area (Å²) < 4.78 is 0. The molecule has 0 aromatic carbocycles. The van der Waals surface area contributed by atoms with E-state index in [9.17, 15) is 5.11 Å². The number of aliphatic hydroxyl groups excluding tert-OH is 1. The molecule has 2 aliphatic rings. The average molecular weight is 296 g/mol. The van der Waals surface area contributed by atoms with Crippen molar-refractivity contribution in [2.75, 3.05) is 32.8 Å². The second kappa shape index (κ2) is 8.50. The van der Waals surface area contributed by atoms with Crippen molar-refractivity contribution >= 4 is 0 Å². The molecular weight excluding hydrogens is 260 g/mol. The maximum atomic E-state index is 9.95. The highest BCUT2D eigenvalue weighted by Crippen LogP contribution is 2.38. The smallest absolute Gasteiger partial charge is 0.0616 e. The van der Waals surface area contributed by atoms with Gasteiger partial charge in [0.15, 0.2) is 0 Å². The van der Waals surface area contributed by atoms with E-state index in [1.54, 1.807) is 0 Å². The lowest BCUT2D eigenvalue weighted by atomic mass is 9.83. The van der Waals surface area contributed by atoms with Gasteiger partial charge in [-0.3, -0.25) is 0 Å². The lowest BCUT2D eigenvalue weighted by molar-refractivity contribution is 0.106. The van der Waals surface area contributed by atoms with Gasteiger partial charge in [-0.1, -0.05) is 26.7 Å². The molecule has 0 saturated heterocycles. The number of nitrogens with one attached hydrogen (secondary N) is 1. The molecular formula is C18H36N2O. The van der Waals surface area contributed by atoms with Crippen molar-refractivity contribution in [2.45, 2.75) is 70.8 Å². The van der Waals surface area contributed by atoms with Crippen LogP contribution in [0.5, 0.6) is 0 Å². The molecule has 0 aliphatic heterocycles. The van der Waals surface area contributed by atoms with Crippen molar-refractivity contribution in [1.82, 2.24) is 10.2 Å². The molecule has 0 amide bonds. The fraction of sp³-hybridized carbons (Fsp3) is 1.00. The SMILES string of the molecule is CCCNC1(CO)CCCC1CCN(CC)CC1CCC1. The molecule has 0 aromatic rings. The van der Waals surface area contributed by atoms with Crippen molar-refractivity contribution in [2.24, 2.45) is 11.8 Å². The minimum absolute atomic E-state index is 0.0197. The fourth-order valence-electron chi connectivity index (χ4n) is 4.19. The van der Waals surface area contributed by atoms with Gasteiger partial charge in [0.05, 0.1) is 6.61 Å². The van der Waals surface area contributed by atoms with Gasteiger partial charge in [-0.25, -0.2) is 0 Å². The van der Waals surface area contributed by atoms with Crippen molar-refractivity contribution < 1.29 is 5.11 Å². The Hall–Kier alpha value is -0.120. The number of hydrogen-bond acceptors (Lipinski definition) is 3. The van der Waals surface area contributed by atoms with E-state index in [0.29, 0.717) is 12.5 Å². The van der Waals surface area contributed by atoms with Gasteiger partial charge in [-0.15, -0.1) is 0 Å². The molecule has 2 atom stereocenters. The Morgan fingerprint density at radius 2 is 2.00 bits per heavy atom. The Morgan fingerprint density at radius 3 is 2.57 bits per heavy atom. The van der Waals surface area contributed by atoms with Gasteiger partial charge in [0.25, 0.3) is 0 Å². The zero-order valence-electron chi connectivity index (χ0n) is 14.2. The Morgan fingerprint density at radius 1 is 1.19 bits per heavy atom. The molecule has 21 heavy (non-hydrogen) atoms. The second-order valence-corrected chi connectivity index (χ2v) is 7.31. The van der Waals surface area contributed by atoms with Crippen LogP contribution in [0.4, 0.5) is 0 Å². The molecule has 2 rings (SSSR count). The predicted molar refractivity (Wildman–Crippen MR) is 89.5 cm³/mol. The van der Waals surface area contributed by atoms with E-state index in [0.717, 1.165) is 25.3 Å². The molecule has 2 aliphatic carbocycles. The first-order valence-corrected chi connectivity index (χ1v) is 9.32. The molecule has 3 heteroatoms. The van der Waals surface area contributed by atoms with E-state index in [4.69, 9.17) is 0 Å². The highest BCUT2D eigenvalue weighted by Gasteiger charge is 2.41. The van der Waals surface area contributed by atoms with Crippen LogP contribution in [0.3, 0.4) is 0 Å². The zero-order valence-corrected chi connectivity index (χ0v) is 14.2. The largest absolute Gasteiger partial charge is 0.394 e. The van der Waals surface area contributed by atoms with Crippen LogP contribution in [-0.2, 0) is 0 Å². The lowest BCUT2D eigenvalue weighted by Gasteiger charge is -2.37. The summed E-state index contributed by atoms with van der Waals surface area (Å²) in [6, 6.07) is 0. The van der Waals surface area contributed by atoms with E-state index in [1.807, 2.05) is 0 Å². The molecule has 2 unspecified atom stereocenters. The number of aliphatic hydroxyl groups is 1. The molecule has 3 nitrogen and oxygen atoms in total. The third-order valence-electron chi connectivity index (χ3n) is 5.95. The van der Waals surface area contributed by atoms with E-state index in [2.05, 4.69) is 24.1 Å². The number of hydrogen-bond donors (Lipinski definition) is 2. The summed E-state index contributed by atoms with van der Waals surface area (Å²) >= 11 is 0. The summed E-state index contributed by atoms with van der Waals surface area (Å²) in [7, 11) is 0. The van der Waals surface area contributed by atoms with Crippen LogP contribution in [0.25, 0.3) is 0 Å². The maximum absolute atomic E-state index is 9.95. The number of rotatable bonds is 10. The van der Waals surface area contributed by atoms with Gasteiger partial charge in [-0.2, -0.15) is 0 Å². The van der Waals surface area contributed by atoms with Crippen LogP contribution < -0.4 is 5.32 Å². The Balaban J connectivity index is 1.81. The standard InChI is InChI=1S/C18H36N2O/c1-3-12-19-18(15-21)11-6-9-17(18)10-13-20(4-2)14-16-7-5-8-16/h16-17,19,21H,3-15H2,1-2H3. The second-order valence-electron chi connectivity index (χ2n) is 7.31. The van der Waals surface area contributed by atoms with Crippen molar-refractivity contribution in [1.29, 1.82) is 0 Å². The summed E-state index contributed by atoms with van der Waals surface area (Å²) in [5.41, 5.74) is 0.0197. The minimum atomic E-state index is 0.0197. The Kier molecular flexibility index (Phi) is 6.97. The molecule has 0 spiro atoms. The summed E-state index contributed by atoms with van der Waals surface area (Å²) in [4.78, 5) is 2.64. The van der Waals surface area contributed by atoms with E-state index in [-0.39, 0.29) is 5.54 Å². The molecule has 0 heterocycles.